The van der Waals surface area contributed by atoms with Gasteiger partial charge in [-0.05, 0) is 38.7 Å². The van der Waals surface area contributed by atoms with Crippen LogP contribution in [0.5, 0.6) is 0 Å². The number of amides is 1. The van der Waals surface area contributed by atoms with E-state index in [1.54, 1.807) is 30.3 Å². The monoisotopic (exact) mass is 477 g/mol. The van der Waals surface area contributed by atoms with Crippen LogP contribution in [0.15, 0.2) is 30.3 Å². The molecule has 34 heavy (non-hydrogen) atoms. The zero-order valence-electron chi connectivity index (χ0n) is 20.1. The highest BCUT2D eigenvalue weighted by atomic mass is 16.7. The molecule has 1 aromatic rings. The summed E-state index contributed by atoms with van der Waals surface area (Å²) in [5.41, 5.74) is -3.51. The summed E-state index contributed by atoms with van der Waals surface area (Å²) in [7, 11) is 0. The van der Waals surface area contributed by atoms with Crippen molar-refractivity contribution in [2.24, 2.45) is 5.41 Å². The van der Waals surface area contributed by atoms with Crippen LogP contribution in [0.1, 0.15) is 53.0 Å². The third kappa shape index (κ3) is 5.73. The fourth-order valence-corrected chi connectivity index (χ4v) is 3.79. The average molecular weight is 478 g/mol. The number of esters is 4. The smallest absolute Gasteiger partial charge is 0.343 e. The predicted molar refractivity (Wildman–Crippen MR) is 118 cm³/mol. The van der Waals surface area contributed by atoms with Gasteiger partial charge in [-0.1, -0.05) is 30.3 Å². The highest BCUT2D eigenvalue weighted by molar-refractivity contribution is 6.08. The van der Waals surface area contributed by atoms with Crippen molar-refractivity contribution < 1.29 is 42.9 Å². The molecule has 1 aromatic carbocycles. The van der Waals surface area contributed by atoms with Gasteiger partial charge in [-0.15, -0.1) is 0 Å². The van der Waals surface area contributed by atoms with Crippen LogP contribution in [0.2, 0.25) is 0 Å². The molecule has 0 radical (unpaired) electrons. The van der Waals surface area contributed by atoms with E-state index in [0.717, 1.165) is 6.92 Å². The van der Waals surface area contributed by atoms with Crippen molar-refractivity contribution >= 4 is 29.8 Å². The molecule has 1 fully saturated rings. The zero-order chi connectivity index (χ0) is 25.6. The SMILES string of the molecule is CCOC(=O)C(CCC1(Cc2ccccc2)C(=O)OC(C)(C)OC1=O)(NC(C)=O)C(=O)OCC. The molecule has 0 unspecified atom stereocenters. The summed E-state index contributed by atoms with van der Waals surface area (Å²) in [6, 6.07) is 8.70. The molecule has 0 aromatic heterocycles. The number of benzene rings is 1. The van der Waals surface area contributed by atoms with Crippen LogP contribution in [-0.4, -0.2) is 54.3 Å². The first-order valence-corrected chi connectivity index (χ1v) is 11.1. The van der Waals surface area contributed by atoms with Crippen molar-refractivity contribution in [2.75, 3.05) is 13.2 Å². The summed E-state index contributed by atoms with van der Waals surface area (Å²) in [5.74, 6) is -6.02. The maximum atomic E-state index is 13.2. The van der Waals surface area contributed by atoms with Gasteiger partial charge in [-0.2, -0.15) is 0 Å². The molecule has 10 heteroatoms. The van der Waals surface area contributed by atoms with Gasteiger partial charge in [0.05, 0.1) is 13.2 Å². The Kier molecular flexibility index (Phi) is 8.41. The second-order valence-electron chi connectivity index (χ2n) is 8.45. The Labute approximate surface area is 198 Å². The normalized spacial score (nSPS) is 16.6. The Balaban J connectivity index is 2.55. The minimum Gasteiger partial charge on any atom is -0.464 e. The van der Waals surface area contributed by atoms with Gasteiger partial charge in [-0.25, -0.2) is 9.59 Å². The van der Waals surface area contributed by atoms with E-state index in [2.05, 4.69) is 5.32 Å². The third-order valence-electron chi connectivity index (χ3n) is 5.37. The summed E-state index contributed by atoms with van der Waals surface area (Å²) in [5, 5.41) is 2.34. The lowest BCUT2D eigenvalue weighted by Crippen LogP contribution is -2.62. The van der Waals surface area contributed by atoms with Crippen molar-refractivity contribution in [1.82, 2.24) is 5.32 Å². The first kappa shape index (κ1) is 26.8. The van der Waals surface area contributed by atoms with Crippen molar-refractivity contribution in [3.8, 4) is 0 Å². The molecule has 1 amide bonds. The number of hydrogen-bond donors (Lipinski definition) is 1. The maximum Gasteiger partial charge on any atom is 0.343 e. The second-order valence-corrected chi connectivity index (χ2v) is 8.45. The summed E-state index contributed by atoms with van der Waals surface area (Å²) in [4.78, 5) is 64.4. The molecular weight excluding hydrogens is 446 g/mol. The lowest BCUT2D eigenvalue weighted by Gasteiger charge is -2.41. The van der Waals surface area contributed by atoms with E-state index in [1.807, 2.05) is 0 Å². The van der Waals surface area contributed by atoms with Crippen LogP contribution in [0.3, 0.4) is 0 Å². The minimum atomic E-state index is -2.27. The number of carbonyl (C=O) groups excluding carboxylic acids is 5. The molecule has 1 N–H and O–H groups in total. The van der Waals surface area contributed by atoms with Crippen molar-refractivity contribution in [1.29, 1.82) is 0 Å². The van der Waals surface area contributed by atoms with E-state index >= 15 is 0 Å². The fourth-order valence-electron chi connectivity index (χ4n) is 3.79. The Bertz CT molecular complexity index is 901. The highest BCUT2D eigenvalue weighted by Gasteiger charge is 2.59. The first-order valence-electron chi connectivity index (χ1n) is 11.1. The van der Waals surface area contributed by atoms with Crippen molar-refractivity contribution in [3.05, 3.63) is 35.9 Å². The molecule has 0 saturated carbocycles. The number of nitrogens with one attached hydrogen (secondary N) is 1. The highest BCUT2D eigenvalue weighted by Crippen LogP contribution is 2.41. The molecule has 1 heterocycles. The Morgan fingerprint density at radius 2 is 1.44 bits per heavy atom. The number of cyclic esters (lactones) is 2. The molecule has 2 rings (SSSR count). The standard InChI is InChI=1S/C24H31NO9/c1-6-31-20(29)24(25-16(3)26,21(30)32-7-2)14-13-23(15-17-11-9-8-10-12-17)18(27)33-22(4,5)34-19(23)28/h8-12H,6-7,13-15H2,1-5H3,(H,25,26). The molecule has 1 saturated heterocycles. The van der Waals surface area contributed by atoms with Crippen LogP contribution >= 0.6 is 0 Å². The largest absolute Gasteiger partial charge is 0.464 e. The second kappa shape index (κ2) is 10.7. The van der Waals surface area contributed by atoms with Crippen LogP contribution in [0.25, 0.3) is 0 Å². The summed E-state index contributed by atoms with van der Waals surface area (Å²) in [6.07, 6.45) is -0.946. The van der Waals surface area contributed by atoms with E-state index in [1.165, 1.54) is 27.7 Å². The van der Waals surface area contributed by atoms with E-state index in [4.69, 9.17) is 18.9 Å². The Hall–Kier alpha value is -3.43. The fraction of sp³-hybridized carbons (Fsp3) is 0.542. The molecule has 1 aliphatic heterocycles. The van der Waals surface area contributed by atoms with Gasteiger partial charge < -0.3 is 24.3 Å². The van der Waals surface area contributed by atoms with Crippen LogP contribution in [-0.2, 0) is 49.3 Å². The number of ether oxygens (including phenoxy) is 4. The average Bonchev–Trinajstić information content (AvgIpc) is 2.74. The Morgan fingerprint density at radius 1 is 0.941 bits per heavy atom. The third-order valence-corrected chi connectivity index (χ3v) is 5.37. The molecular formula is C24H31NO9. The Morgan fingerprint density at radius 3 is 1.88 bits per heavy atom. The van der Waals surface area contributed by atoms with Gasteiger partial charge in [0.2, 0.25) is 11.4 Å². The molecule has 0 bridgehead atoms. The van der Waals surface area contributed by atoms with Crippen LogP contribution < -0.4 is 5.32 Å². The molecule has 0 aliphatic carbocycles. The lowest BCUT2D eigenvalue weighted by molar-refractivity contribution is -0.252. The van der Waals surface area contributed by atoms with Crippen LogP contribution in [0.4, 0.5) is 0 Å². The molecule has 10 nitrogen and oxygen atoms in total. The summed E-state index contributed by atoms with van der Waals surface area (Å²) >= 11 is 0. The van der Waals surface area contributed by atoms with Gasteiger partial charge in [-0.3, -0.25) is 14.4 Å². The van der Waals surface area contributed by atoms with E-state index in [-0.39, 0.29) is 26.1 Å². The lowest BCUT2D eigenvalue weighted by atomic mass is 9.73. The number of carbonyl (C=O) groups is 5. The predicted octanol–water partition coefficient (Wildman–Crippen LogP) is 1.83. The van der Waals surface area contributed by atoms with Crippen molar-refractivity contribution in [3.63, 3.8) is 0 Å². The van der Waals surface area contributed by atoms with Gasteiger partial charge in [0.1, 0.15) is 0 Å². The van der Waals surface area contributed by atoms with Gasteiger partial charge in [0.15, 0.2) is 5.41 Å². The molecule has 0 spiro atoms. The van der Waals surface area contributed by atoms with Gasteiger partial charge in [0, 0.05) is 20.8 Å². The molecule has 186 valence electrons. The van der Waals surface area contributed by atoms with E-state index in [9.17, 15) is 24.0 Å². The van der Waals surface area contributed by atoms with E-state index in [0.29, 0.717) is 5.56 Å². The van der Waals surface area contributed by atoms with Gasteiger partial charge in [0.25, 0.3) is 5.79 Å². The van der Waals surface area contributed by atoms with Crippen molar-refractivity contribution in [2.45, 2.75) is 65.2 Å². The topological polar surface area (TPSA) is 134 Å². The van der Waals surface area contributed by atoms with E-state index < -0.39 is 52.9 Å². The zero-order valence-corrected chi connectivity index (χ0v) is 20.1. The quantitative estimate of drug-likeness (QED) is 0.304. The summed E-state index contributed by atoms with van der Waals surface area (Å²) in [6.45, 7) is 6.90. The molecule has 1 aliphatic rings. The number of rotatable bonds is 10. The molecule has 0 atom stereocenters. The summed E-state index contributed by atoms with van der Waals surface area (Å²) < 4.78 is 20.9. The van der Waals surface area contributed by atoms with Crippen LogP contribution in [0, 0.1) is 5.41 Å². The first-order chi connectivity index (χ1) is 15.9. The van der Waals surface area contributed by atoms with Gasteiger partial charge >= 0.3 is 23.9 Å². The maximum absolute atomic E-state index is 13.2. The number of hydrogen-bond acceptors (Lipinski definition) is 9. The minimum absolute atomic E-state index is 0.0764.